The second-order valence-corrected chi connectivity index (χ2v) is 4.41. The standard InChI is InChI=1S/C14H14N2/c1-10(8-15)12-7-6-11(9-16)13-4-2-3-5-14(12)13/h2-5,10-12H,6-7H2,1H3/t10-,11+,12+/m1/s1. The van der Waals surface area contributed by atoms with Crippen molar-refractivity contribution in [1.29, 1.82) is 10.5 Å². The molecular weight excluding hydrogens is 196 g/mol. The van der Waals surface area contributed by atoms with Gasteiger partial charge in [0.1, 0.15) is 0 Å². The smallest absolute Gasteiger partial charge is 0.0715 e. The third-order valence-electron chi connectivity index (χ3n) is 3.50. The maximum absolute atomic E-state index is 9.10. The summed E-state index contributed by atoms with van der Waals surface area (Å²) in [6, 6.07) is 12.7. The summed E-state index contributed by atoms with van der Waals surface area (Å²) in [6.45, 7) is 1.97. The number of hydrogen-bond donors (Lipinski definition) is 0. The quantitative estimate of drug-likeness (QED) is 0.713. The summed E-state index contributed by atoms with van der Waals surface area (Å²) in [6.07, 6.45) is 1.83. The first-order valence-corrected chi connectivity index (χ1v) is 5.66. The van der Waals surface area contributed by atoms with E-state index in [1.807, 2.05) is 25.1 Å². The van der Waals surface area contributed by atoms with E-state index in [4.69, 9.17) is 10.5 Å². The van der Waals surface area contributed by atoms with E-state index in [1.54, 1.807) is 0 Å². The van der Waals surface area contributed by atoms with Crippen LogP contribution < -0.4 is 0 Å². The van der Waals surface area contributed by atoms with Crippen LogP contribution in [0.3, 0.4) is 0 Å². The molecule has 0 heterocycles. The normalized spacial score (nSPS) is 24.9. The van der Waals surface area contributed by atoms with E-state index in [0.29, 0.717) is 5.92 Å². The Morgan fingerprint density at radius 3 is 2.50 bits per heavy atom. The average Bonchev–Trinajstić information content (AvgIpc) is 2.36. The first-order valence-electron chi connectivity index (χ1n) is 5.66. The monoisotopic (exact) mass is 210 g/mol. The first kappa shape index (κ1) is 10.7. The largest absolute Gasteiger partial charge is 0.198 e. The highest BCUT2D eigenvalue weighted by molar-refractivity contribution is 5.39. The Morgan fingerprint density at radius 2 is 1.88 bits per heavy atom. The molecular formula is C14H14N2. The molecule has 0 saturated carbocycles. The van der Waals surface area contributed by atoms with Crippen molar-refractivity contribution in [3.63, 3.8) is 0 Å². The lowest BCUT2D eigenvalue weighted by molar-refractivity contribution is 0.459. The minimum atomic E-state index is 0.0124. The molecule has 2 nitrogen and oxygen atoms in total. The summed E-state index contributed by atoms with van der Waals surface area (Å²) in [5.74, 6) is 0.338. The van der Waals surface area contributed by atoms with Gasteiger partial charge >= 0.3 is 0 Å². The summed E-state index contributed by atoms with van der Waals surface area (Å²) >= 11 is 0. The van der Waals surface area contributed by atoms with Crippen LogP contribution in [0.5, 0.6) is 0 Å². The third-order valence-corrected chi connectivity index (χ3v) is 3.50. The SMILES string of the molecule is C[C@H](C#N)[C@@H]1CC[C@@H](C#N)c2ccccc21. The molecule has 0 bridgehead atoms. The Kier molecular flexibility index (Phi) is 2.93. The highest BCUT2D eigenvalue weighted by Crippen LogP contribution is 2.41. The van der Waals surface area contributed by atoms with Gasteiger partial charge in [-0.2, -0.15) is 10.5 Å². The zero-order valence-corrected chi connectivity index (χ0v) is 9.35. The molecule has 0 radical (unpaired) electrons. The Morgan fingerprint density at radius 1 is 1.19 bits per heavy atom. The molecule has 3 atom stereocenters. The Balaban J connectivity index is 2.44. The van der Waals surface area contributed by atoms with E-state index in [2.05, 4.69) is 18.2 Å². The Hall–Kier alpha value is -1.80. The van der Waals surface area contributed by atoms with Gasteiger partial charge in [0.2, 0.25) is 0 Å². The van der Waals surface area contributed by atoms with E-state index in [0.717, 1.165) is 18.4 Å². The van der Waals surface area contributed by atoms with E-state index in [-0.39, 0.29) is 11.8 Å². The summed E-state index contributed by atoms with van der Waals surface area (Å²) in [5.41, 5.74) is 2.33. The minimum absolute atomic E-state index is 0.0124. The fourth-order valence-corrected chi connectivity index (χ4v) is 2.57. The molecule has 1 aliphatic carbocycles. The Bertz CT molecular complexity index is 464. The van der Waals surface area contributed by atoms with Gasteiger partial charge in [0.15, 0.2) is 0 Å². The van der Waals surface area contributed by atoms with Crippen LogP contribution >= 0.6 is 0 Å². The van der Waals surface area contributed by atoms with Crippen LogP contribution in [-0.4, -0.2) is 0 Å². The summed E-state index contributed by atoms with van der Waals surface area (Å²) < 4.78 is 0. The summed E-state index contributed by atoms with van der Waals surface area (Å²) in [7, 11) is 0. The van der Waals surface area contributed by atoms with E-state index in [1.165, 1.54) is 5.56 Å². The Labute approximate surface area is 96.1 Å². The molecule has 0 aromatic heterocycles. The number of rotatable bonds is 1. The van der Waals surface area contributed by atoms with Crippen molar-refractivity contribution < 1.29 is 0 Å². The van der Waals surface area contributed by atoms with Crippen LogP contribution in [0.25, 0.3) is 0 Å². The molecule has 80 valence electrons. The zero-order valence-electron chi connectivity index (χ0n) is 9.35. The number of nitriles is 2. The van der Waals surface area contributed by atoms with Crippen molar-refractivity contribution in [3.8, 4) is 12.1 Å². The molecule has 0 saturated heterocycles. The second-order valence-electron chi connectivity index (χ2n) is 4.41. The third kappa shape index (κ3) is 1.68. The van der Waals surface area contributed by atoms with Crippen molar-refractivity contribution in [1.82, 2.24) is 0 Å². The fraction of sp³-hybridized carbons (Fsp3) is 0.429. The van der Waals surface area contributed by atoms with Gasteiger partial charge in [-0.3, -0.25) is 0 Å². The van der Waals surface area contributed by atoms with Gasteiger partial charge in [-0.05, 0) is 36.8 Å². The van der Waals surface area contributed by atoms with Gasteiger partial charge in [-0.25, -0.2) is 0 Å². The van der Waals surface area contributed by atoms with Crippen molar-refractivity contribution in [2.45, 2.75) is 31.6 Å². The molecule has 1 aromatic rings. The van der Waals surface area contributed by atoms with E-state index in [9.17, 15) is 0 Å². The highest BCUT2D eigenvalue weighted by atomic mass is 14.4. The van der Waals surface area contributed by atoms with Crippen LogP contribution in [0.15, 0.2) is 24.3 Å². The lowest BCUT2D eigenvalue weighted by Crippen LogP contribution is -2.18. The van der Waals surface area contributed by atoms with Gasteiger partial charge in [-0.15, -0.1) is 0 Å². The predicted molar refractivity (Wildman–Crippen MR) is 61.5 cm³/mol. The zero-order chi connectivity index (χ0) is 11.5. The summed E-state index contributed by atoms with van der Waals surface area (Å²) in [4.78, 5) is 0. The number of fused-ring (bicyclic) bond motifs is 1. The maximum atomic E-state index is 9.10. The minimum Gasteiger partial charge on any atom is -0.198 e. The van der Waals surface area contributed by atoms with Crippen LogP contribution in [-0.2, 0) is 0 Å². The predicted octanol–water partition coefficient (Wildman–Crippen LogP) is 3.33. The second kappa shape index (κ2) is 4.37. The molecule has 0 amide bonds. The van der Waals surface area contributed by atoms with Crippen molar-refractivity contribution in [3.05, 3.63) is 35.4 Å². The van der Waals surface area contributed by atoms with Crippen molar-refractivity contribution in [2.75, 3.05) is 0 Å². The molecule has 2 heteroatoms. The summed E-state index contributed by atoms with van der Waals surface area (Å²) in [5, 5.41) is 18.1. The van der Waals surface area contributed by atoms with Crippen LogP contribution in [0.4, 0.5) is 0 Å². The molecule has 0 aliphatic heterocycles. The topological polar surface area (TPSA) is 47.6 Å². The van der Waals surface area contributed by atoms with Gasteiger partial charge < -0.3 is 0 Å². The lowest BCUT2D eigenvalue weighted by Gasteiger charge is -2.29. The van der Waals surface area contributed by atoms with E-state index >= 15 is 0 Å². The average molecular weight is 210 g/mol. The van der Waals surface area contributed by atoms with Gasteiger partial charge in [0.25, 0.3) is 0 Å². The molecule has 0 N–H and O–H groups in total. The molecule has 0 unspecified atom stereocenters. The maximum Gasteiger partial charge on any atom is 0.0715 e. The fourth-order valence-electron chi connectivity index (χ4n) is 2.57. The lowest BCUT2D eigenvalue weighted by atomic mass is 9.73. The van der Waals surface area contributed by atoms with E-state index < -0.39 is 0 Å². The molecule has 1 aromatic carbocycles. The molecule has 0 spiro atoms. The van der Waals surface area contributed by atoms with Crippen LogP contribution in [0.1, 0.15) is 42.7 Å². The van der Waals surface area contributed by atoms with Gasteiger partial charge in [0, 0.05) is 0 Å². The van der Waals surface area contributed by atoms with Crippen LogP contribution in [0, 0.1) is 28.6 Å². The molecule has 16 heavy (non-hydrogen) atoms. The van der Waals surface area contributed by atoms with Gasteiger partial charge in [0.05, 0.1) is 24.0 Å². The highest BCUT2D eigenvalue weighted by Gasteiger charge is 2.29. The molecule has 2 rings (SSSR count). The number of nitrogens with zero attached hydrogens (tertiary/aromatic N) is 2. The molecule has 1 aliphatic rings. The van der Waals surface area contributed by atoms with Crippen molar-refractivity contribution >= 4 is 0 Å². The van der Waals surface area contributed by atoms with Crippen LogP contribution in [0.2, 0.25) is 0 Å². The number of benzene rings is 1. The van der Waals surface area contributed by atoms with Gasteiger partial charge in [-0.1, -0.05) is 24.3 Å². The number of hydrogen-bond acceptors (Lipinski definition) is 2. The van der Waals surface area contributed by atoms with Crippen molar-refractivity contribution in [2.24, 2.45) is 5.92 Å². The molecule has 0 fully saturated rings. The first-order chi connectivity index (χ1) is 7.77.